The Morgan fingerprint density at radius 1 is 1.39 bits per heavy atom. The predicted molar refractivity (Wildman–Crippen MR) is 104 cm³/mol. The van der Waals surface area contributed by atoms with E-state index < -0.39 is 11.9 Å². The molecule has 1 atom stereocenters. The molecule has 0 bridgehead atoms. The van der Waals surface area contributed by atoms with Crippen molar-refractivity contribution in [2.45, 2.75) is 32.7 Å². The monoisotopic (exact) mass is 404 g/mol. The molecule has 0 aliphatic heterocycles. The molecule has 0 fully saturated rings. The highest BCUT2D eigenvalue weighted by Gasteiger charge is 2.22. The van der Waals surface area contributed by atoms with E-state index in [1.54, 1.807) is 12.1 Å². The number of fused-ring (bicyclic) bond motifs is 1. The molecular formula is C20H24N2O5S. The molecule has 150 valence electrons. The third-order valence-electron chi connectivity index (χ3n) is 4.70. The Morgan fingerprint density at radius 3 is 2.96 bits per heavy atom. The topological polar surface area (TPSA) is 88.9 Å². The van der Waals surface area contributed by atoms with E-state index in [0.717, 1.165) is 19.3 Å². The second-order valence-corrected chi connectivity index (χ2v) is 8.23. The Kier molecular flexibility index (Phi) is 6.51. The summed E-state index contributed by atoms with van der Waals surface area (Å²) >= 11 is 1.45. The van der Waals surface area contributed by atoms with Crippen LogP contribution >= 0.6 is 11.3 Å². The lowest BCUT2D eigenvalue weighted by Gasteiger charge is -2.16. The van der Waals surface area contributed by atoms with Crippen LogP contribution in [0, 0.1) is 5.92 Å². The molecule has 0 saturated carbocycles. The lowest BCUT2D eigenvalue weighted by Crippen LogP contribution is -2.39. The number of aryl methyl sites for hydroxylation is 1. The van der Waals surface area contributed by atoms with E-state index in [9.17, 15) is 14.4 Å². The highest BCUT2D eigenvalue weighted by molar-refractivity contribution is 7.14. The van der Waals surface area contributed by atoms with Crippen LogP contribution in [-0.2, 0) is 33.7 Å². The fraction of sp³-hybridized carbons (Fsp3) is 0.450. The van der Waals surface area contributed by atoms with Crippen molar-refractivity contribution in [3.05, 3.63) is 45.5 Å². The number of nitrogens with one attached hydrogen (secondary N) is 1. The first-order valence-electron chi connectivity index (χ1n) is 9.24. The molecule has 2 aromatic rings. The molecule has 2 heterocycles. The van der Waals surface area contributed by atoms with Gasteiger partial charge < -0.3 is 19.4 Å². The van der Waals surface area contributed by atoms with Gasteiger partial charge >= 0.3 is 5.97 Å². The third kappa shape index (κ3) is 5.22. The van der Waals surface area contributed by atoms with Crippen molar-refractivity contribution in [3.8, 4) is 0 Å². The summed E-state index contributed by atoms with van der Waals surface area (Å²) in [6.07, 6.45) is 4.63. The lowest BCUT2D eigenvalue weighted by atomic mass is 9.90. The van der Waals surface area contributed by atoms with Crippen molar-refractivity contribution in [2.24, 2.45) is 5.92 Å². The van der Waals surface area contributed by atoms with Gasteiger partial charge in [0.05, 0.1) is 19.4 Å². The van der Waals surface area contributed by atoms with Gasteiger partial charge in [0.1, 0.15) is 10.6 Å². The van der Waals surface area contributed by atoms with Crippen molar-refractivity contribution in [1.82, 2.24) is 10.2 Å². The average Bonchev–Trinajstić information content (AvgIpc) is 3.33. The maximum absolute atomic E-state index is 12.3. The van der Waals surface area contributed by atoms with Gasteiger partial charge in [0, 0.05) is 11.9 Å². The summed E-state index contributed by atoms with van der Waals surface area (Å²) in [4.78, 5) is 39.3. The average molecular weight is 404 g/mol. The standard InChI is InChI=1S/C20H24N2O5S/c1-13-5-6-16-14(8-13)9-17(28-16)20(25)27-12-19(24)22(2)11-18(23)21-10-15-4-3-7-26-15/h3-4,7,9,13H,5-6,8,10-12H2,1-2H3,(H,21,23)/t13-/m0/s1. The maximum atomic E-state index is 12.3. The Hall–Kier alpha value is -2.61. The molecule has 0 spiro atoms. The van der Waals surface area contributed by atoms with Crippen LogP contribution in [0.1, 0.15) is 39.2 Å². The van der Waals surface area contributed by atoms with Crippen molar-refractivity contribution < 1.29 is 23.5 Å². The molecule has 0 saturated heterocycles. The number of nitrogens with zero attached hydrogens (tertiary/aromatic N) is 1. The van der Waals surface area contributed by atoms with Gasteiger partial charge in [-0.1, -0.05) is 6.92 Å². The minimum atomic E-state index is -0.490. The SMILES string of the molecule is C[C@H]1CCc2sc(C(=O)OCC(=O)N(C)CC(=O)NCc3ccco3)cc2C1. The van der Waals surface area contributed by atoms with Crippen molar-refractivity contribution in [3.63, 3.8) is 0 Å². The summed E-state index contributed by atoms with van der Waals surface area (Å²) in [6.45, 7) is 1.95. The van der Waals surface area contributed by atoms with E-state index >= 15 is 0 Å². The number of carbonyl (C=O) groups excluding carboxylic acids is 3. The Morgan fingerprint density at radius 2 is 2.21 bits per heavy atom. The van der Waals surface area contributed by atoms with Crippen LogP contribution in [0.2, 0.25) is 0 Å². The first-order chi connectivity index (χ1) is 13.4. The van der Waals surface area contributed by atoms with Crippen molar-refractivity contribution >= 4 is 29.1 Å². The van der Waals surface area contributed by atoms with Crippen LogP contribution in [0.5, 0.6) is 0 Å². The van der Waals surface area contributed by atoms with Crippen molar-refractivity contribution in [2.75, 3.05) is 20.2 Å². The zero-order chi connectivity index (χ0) is 20.1. The summed E-state index contributed by atoms with van der Waals surface area (Å²) in [5.41, 5.74) is 1.22. The number of rotatable bonds is 7. The van der Waals surface area contributed by atoms with Gasteiger partial charge in [0.25, 0.3) is 5.91 Å². The van der Waals surface area contributed by atoms with Gasteiger partial charge in [-0.3, -0.25) is 9.59 Å². The highest BCUT2D eigenvalue weighted by atomic mass is 32.1. The maximum Gasteiger partial charge on any atom is 0.348 e. The minimum Gasteiger partial charge on any atom is -0.467 e. The number of thiophene rings is 1. The summed E-state index contributed by atoms with van der Waals surface area (Å²) in [6, 6.07) is 5.36. The minimum absolute atomic E-state index is 0.123. The molecule has 1 N–H and O–H groups in total. The van der Waals surface area contributed by atoms with E-state index in [0.29, 0.717) is 16.6 Å². The molecule has 0 aromatic carbocycles. The number of amides is 2. The first-order valence-corrected chi connectivity index (χ1v) is 10.1. The van der Waals surface area contributed by atoms with Crippen LogP contribution in [-0.4, -0.2) is 42.9 Å². The Bertz CT molecular complexity index is 843. The van der Waals surface area contributed by atoms with Gasteiger partial charge in [0.2, 0.25) is 5.91 Å². The zero-order valence-corrected chi connectivity index (χ0v) is 16.8. The van der Waals surface area contributed by atoms with Gasteiger partial charge in [-0.15, -0.1) is 11.3 Å². The number of furan rings is 1. The smallest absolute Gasteiger partial charge is 0.348 e. The van der Waals surface area contributed by atoms with Gasteiger partial charge in [-0.2, -0.15) is 0 Å². The fourth-order valence-electron chi connectivity index (χ4n) is 3.07. The fourth-order valence-corrected chi connectivity index (χ4v) is 4.18. The highest BCUT2D eigenvalue weighted by Crippen LogP contribution is 2.32. The normalized spacial score (nSPS) is 15.6. The molecular weight excluding hydrogens is 380 g/mol. The summed E-state index contributed by atoms with van der Waals surface area (Å²) < 4.78 is 10.3. The second kappa shape index (κ2) is 9.05. The van der Waals surface area contributed by atoms with Crippen LogP contribution < -0.4 is 5.32 Å². The van der Waals surface area contributed by atoms with Gasteiger partial charge in [-0.25, -0.2) is 4.79 Å². The van der Waals surface area contributed by atoms with Crippen molar-refractivity contribution in [1.29, 1.82) is 0 Å². The van der Waals surface area contributed by atoms with Crippen LogP contribution in [0.3, 0.4) is 0 Å². The first kappa shape index (κ1) is 20.1. The molecule has 3 rings (SSSR count). The van der Waals surface area contributed by atoms with E-state index in [1.165, 1.54) is 40.0 Å². The largest absolute Gasteiger partial charge is 0.467 e. The molecule has 8 heteroatoms. The van der Waals surface area contributed by atoms with Crippen LogP contribution in [0.25, 0.3) is 0 Å². The summed E-state index contributed by atoms with van der Waals surface area (Å²) in [5.74, 6) is 0.00979. The van der Waals surface area contributed by atoms with Gasteiger partial charge in [-0.05, 0) is 48.9 Å². The summed E-state index contributed by atoms with van der Waals surface area (Å²) in [7, 11) is 1.49. The molecule has 2 amide bonds. The Balaban J connectivity index is 1.42. The second-order valence-electron chi connectivity index (χ2n) is 7.09. The van der Waals surface area contributed by atoms with E-state index in [2.05, 4.69) is 12.2 Å². The number of carbonyl (C=O) groups is 3. The number of hydrogen-bond donors (Lipinski definition) is 1. The number of likely N-dealkylation sites (N-methyl/N-ethyl adjacent to an activating group) is 1. The van der Waals surface area contributed by atoms with Crippen LogP contribution in [0.4, 0.5) is 0 Å². The Labute approximate surface area is 167 Å². The summed E-state index contributed by atoms with van der Waals surface area (Å²) in [5, 5.41) is 2.66. The van der Waals surface area contributed by atoms with E-state index in [1.807, 2.05) is 6.07 Å². The molecule has 28 heavy (non-hydrogen) atoms. The molecule has 0 radical (unpaired) electrons. The third-order valence-corrected chi connectivity index (χ3v) is 5.92. The predicted octanol–water partition coefficient (Wildman–Crippen LogP) is 2.40. The molecule has 1 aliphatic rings. The number of esters is 1. The lowest BCUT2D eigenvalue weighted by molar-refractivity contribution is -0.137. The van der Waals surface area contributed by atoms with Gasteiger partial charge in [0.15, 0.2) is 6.61 Å². The quantitative estimate of drug-likeness (QED) is 0.716. The molecule has 7 nitrogen and oxygen atoms in total. The van der Waals surface area contributed by atoms with Crippen LogP contribution in [0.15, 0.2) is 28.9 Å². The van der Waals surface area contributed by atoms with E-state index in [4.69, 9.17) is 9.15 Å². The molecule has 2 aromatic heterocycles. The molecule has 0 unspecified atom stereocenters. The van der Waals surface area contributed by atoms with E-state index in [-0.39, 0.29) is 25.6 Å². The molecule has 1 aliphatic carbocycles. The number of ether oxygens (including phenoxy) is 1. The number of hydrogen-bond acceptors (Lipinski definition) is 6. The zero-order valence-electron chi connectivity index (χ0n) is 16.0.